The predicted octanol–water partition coefficient (Wildman–Crippen LogP) is 2.34. The molecule has 0 aliphatic rings. The molecule has 34 heavy (non-hydrogen) atoms. The number of aryl methyl sites for hydroxylation is 1. The molecule has 0 saturated carbocycles. The van der Waals surface area contributed by atoms with E-state index in [4.69, 9.17) is 4.42 Å². The number of sulfonamides is 1. The topological polar surface area (TPSA) is 143 Å². The van der Waals surface area contributed by atoms with E-state index in [1.165, 1.54) is 49.3 Å². The highest BCUT2D eigenvalue weighted by atomic mass is 32.2. The predicted molar refractivity (Wildman–Crippen MR) is 124 cm³/mol. The number of hydrogen-bond donors (Lipinski definition) is 2. The molecule has 3 aromatic heterocycles. The third-order valence-corrected chi connectivity index (χ3v) is 7.03. The molecule has 0 aliphatic heterocycles. The van der Waals surface area contributed by atoms with Gasteiger partial charge in [-0.2, -0.15) is 9.78 Å². The van der Waals surface area contributed by atoms with Gasteiger partial charge in [0.2, 0.25) is 16.0 Å². The lowest BCUT2D eigenvalue weighted by Crippen LogP contribution is -2.22. The second kappa shape index (κ2) is 8.72. The van der Waals surface area contributed by atoms with E-state index in [0.29, 0.717) is 22.7 Å². The average molecular weight is 483 g/mol. The summed E-state index contributed by atoms with van der Waals surface area (Å²) in [5, 5.41) is 7.18. The van der Waals surface area contributed by atoms with Crippen LogP contribution in [0.3, 0.4) is 0 Å². The Kier molecular flexibility index (Phi) is 5.94. The SMILES string of the molecule is Cc1nc(-n2nc(-c3ccco3)cc2NC(=O)c2ccc(S(=O)(=O)N(C)C)cc2)[nH]c(=O)c1C. The Labute approximate surface area is 195 Å². The fourth-order valence-corrected chi connectivity index (χ4v) is 3.99. The Morgan fingerprint density at radius 3 is 2.44 bits per heavy atom. The van der Waals surface area contributed by atoms with Gasteiger partial charge in [0.15, 0.2) is 5.76 Å². The van der Waals surface area contributed by atoms with E-state index < -0.39 is 15.9 Å². The molecule has 0 fully saturated rings. The zero-order valence-electron chi connectivity index (χ0n) is 18.9. The van der Waals surface area contributed by atoms with Crippen LogP contribution in [0.5, 0.6) is 0 Å². The summed E-state index contributed by atoms with van der Waals surface area (Å²) in [7, 11) is -0.761. The molecule has 0 bridgehead atoms. The Hall–Kier alpha value is -4.03. The maximum Gasteiger partial charge on any atom is 0.256 e. The number of nitrogens with one attached hydrogen (secondary N) is 2. The molecule has 3 heterocycles. The molecule has 2 N–H and O–H groups in total. The first kappa shape index (κ1) is 23.1. The van der Waals surface area contributed by atoms with E-state index in [9.17, 15) is 18.0 Å². The van der Waals surface area contributed by atoms with Crippen LogP contribution in [0.2, 0.25) is 0 Å². The summed E-state index contributed by atoms with van der Waals surface area (Å²) in [6.07, 6.45) is 1.49. The highest BCUT2D eigenvalue weighted by Crippen LogP contribution is 2.25. The monoisotopic (exact) mass is 482 g/mol. The van der Waals surface area contributed by atoms with Crippen LogP contribution in [0.25, 0.3) is 17.4 Å². The summed E-state index contributed by atoms with van der Waals surface area (Å²) < 4.78 is 32.3. The van der Waals surface area contributed by atoms with Crippen LogP contribution in [0.1, 0.15) is 21.6 Å². The van der Waals surface area contributed by atoms with Crippen molar-refractivity contribution in [2.24, 2.45) is 0 Å². The number of furan rings is 1. The molecule has 0 aliphatic carbocycles. The van der Waals surface area contributed by atoms with Gasteiger partial charge in [-0.1, -0.05) is 0 Å². The van der Waals surface area contributed by atoms with Crippen molar-refractivity contribution >= 4 is 21.7 Å². The molecule has 176 valence electrons. The summed E-state index contributed by atoms with van der Waals surface area (Å²) in [5.41, 5.74) is 1.30. The zero-order valence-corrected chi connectivity index (χ0v) is 19.7. The van der Waals surface area contributed by atoms with E-state index in [-0.39, 0.29) is 27.8 Å². The van der Waals surface area contributed by atoms with E-state index >= 15 is 0 Å². The summed E-state index contributed by atoms with van der Waals surface area (Å²) in [6.45, 7) is 3.36. The highest BCUT2D eigenvalue weighted by Gasteiger charge is 2.20. The Bertz CT molecular complexity index is 1520. The van der Waals surface area contributed by atoms with Crippen LogP contribution >= 0.6 is 0 Å². The number of nitrogens with zero attached hydrogens (tertiary/aromatic N) is 4. The molecule has 11 nitrogen and oxygen atoms in total. The molecular formula is C22H22N6O5S. The fraction of sp³-hybridized carbons (Fsp3) is 0.182. The number of carbonyl (C=O) groups is 1. The standard InChI is InChI=1S/C22H22N6O5S/c1-13-14(2)23-22(25-20(13)29)28-19(12-17(26-28)18-6-5-11-33-18)24-21(30)15-7-9-16(10-8-15)34(31,32)27(3)4/h5-12H,1-4H3,(H,24,30)(H,23,25,29). The first-order valence-corrected chi connectivity index (χ1v) is 11.6. The summed E-state index contributed by atoms with van der Waals surface area (Å²) >= 11 is 0. The number of carbonyl (C=O) groups excluding carboxylic acids is 1. The Balaban J connectivity index is 1.71. The van der Waals surface area contributed by atoms with Gasteiger partial charge in [-0.3, -0.25) is 14.6 Å². The van der Waals surface area contributed by atoms with E-state index in [1.54, 1.807) is 32.0 Å². The van der Waals surface area contributed by atoms with Gasteiger partial charge < -0.3 is 9.73 Å². The third-order valence-electron chi connectivity index (χ3n) is 5.20. The van der Waals surface area contributed by atoms with Gasteiger partial charge in [0.1, 0.15) is 11.5 Å². The minimum Gasteiger partial charge on any atom is -0.463 e. The van der Waals surface area contributed by atoms with Crippen LogP contribution in [0.4, 0.5) is 5.82 Å². The Morgan fingerprint density at radius 2 is 1.85 bits per heavy atom. The van der Waals surface area contributed by atoms with Crippen molar-refractivity contribution in [3.63, 3.8) is 0 Å². The third kappa shape index (κ3) is 4.28. The molecule has 0 atom stereocenters. The minimum atomic E-state index is -3.62. The second-order valence-corrected chi connectivity index (χ2v) is 9.82. The van der Waals surface area contributed by atoms with Gasteiger partial charge in [0.25, 0.3) is 11.5 Å². The zero-order chi connectivity index (χ0) is 24.6. The average Bonchev–Trinajstić information content (AvgIpc) is 3.47. The van der Waals surface area contributed by atoms with Crippen LogP contribution in [-0.2, 0) is 10.0 Å². The van der Waals surface area contributed by atoms with Crippen molar-refractivity contribution in [2.45, 2.75) is 18.7 Å². The number of aromatic amines is 1. The number of aromatic nitrogens is 4. The number of rotatable bonds is 6. The van der Waals surface area contributed by atoms with Gasteiger partial charge in [-0.05, 0) is 50.2 Å². The van der Waals surface area contributed by atoms with E-state index in [2.05, 4.69) is 20.4 Å². The van der Waals surface area contributed by atoms with E-state index in [0.717, 1.165) is 4.31 Å². The van der Waals surface area contributed by atoms with Crippen LogP contribution in [-0.4, -0.2) is 52.5 Å². The number of hydrogen-bond acceptors (Lipinski definition) is 7. The van der Waals surface area contributed by atoms with Gasteiger partial charge in [0, 0.05) is 37.0 Å². The second-order valence-electron chi connectivity index (χ2n) is 7.67. The summed E-state index contributed by atoms with van der Waals surface area (Å²) in [4.78, 5) is 32.4. The molecule has 0 radical (unpaired) electrons. The van der Waals surface area contributed by atoms with Crippen molar-refractivity contribution < 1.29 is 17.6 Å². The molecule has 0 saturated heterocycles. The quantitative estimate of drug-likeness (QED) is 0.429. The lowest BCUT2D eigenvalue weighted by Gasteiger charge is -2.12. The summed E-state index contributed by atoms with van der Waals surface area (Å²) in [5.74, 6) is 0.298. The molecule has 0 spiro atoms. The fourth-order valence-electron chi connectivity index (χ4n) is 3.08. The van der Waals surface area contributed by atoms with Crippen molar-refractivity contribution in [1.29, 1.82) is 0 Å². The molecule has 1 aromatic carbocycles. The molecule has 0 unspecified atom stereocenters. The molecule has 4 rings (SSSR count). The Morgan fingerprint density at radius 1 is 1.15 bits per heavy atom. The van der Waals surface area contributed by atoms with Gasteiger partial charge >= 0.3 is 0 Å². The lowest BCUT2D eigenvalue weighted by atomic mass is 10.2. The molecule has 4 aromatic rings. The molecular weight excluding hydrogens is 460 g/mol. The maximum atomic E-state index is 12.9. The first-order chi connectivity index (χ1) is 16.1. The van der Waals surface area contributed by atoms with Gasteiger partial charge in [-0.15, -0.1) is 0 Å². The first-order valence-electron chi connectivity index (χ1n) is 10.1. The molecule has 1 amide bonds. The number of H-pyrrole nitrogens is 1. The van der Waals surface area contributed by atoms with Crippen LogP contribution in [0.15, 0.2) is 62.8 Å². The van der Waals surface area contributed by atoms with Crippen molar-refractivity contribution in [2.75, 3.05) is 19.4 Å². The molecule has 12 heteroatoms. The van der Waals surface area contributed by atoms with Crippen LogP contribution < -0.4 is 10.9 Å². The maximum absolute atomic E-state index is 12.9. The summed E-state index contributed by atoms with van der Waals surface area (Å²) in [6, 6.07) is 10.5. The van der Waals surface area contributed by atoms with Crippen molar-refractivity contribution in [3.8, 4) is 17.4 Å². The number of benzene rings is 1. The highest BCUT2D eigenvalue weighted by molar-refractivity contribution is 7.89. The van der Waals surface area contributed by atoms with Crippen molar-refractivity contribution in [1.82, 2.24) is 24.1 Å². The van der Waals surface area contributed by atoms with E-state index in [1.807, 2.05) is 0 Å². The van der Waals surface area contributed by atoms with Gasteiger partial charge in [-0.25, -0.2) is 17.7 Å². The van der Waals surface area contributed by atoms with Gasteiger partial charge in [0.05, 0.1) is 11.2 Å². The number of anilines is 1. The minimum absolute atomic E-state index is 0.0658. The number of amides is 1. The largest absolute Gasteiger partial charge is 0.463 e. The van der Waals surface area contributed by atoms with Crippen molar-refractivity contribution in [3.05, 3.63) is 75.9 Å². The normalized spacial score (nSPS) is 11.7. The smallest absolute Gasteiger partial charge is 0.256 e. The van der Waals surface area contributed by atoms with Crippen LogP contribution in [0, 0.1) is 13.8 Å². The lowest BCUT2D eigenvalue weighted by molar-refractivity contribution is 0.102.